The van der Waals surface area contributed by atoms with Crippen molar-refractivity contribution in [1.82, 2.24) is 0 Å². The second kappa shape index (κ2) is 4.63. The van der Waals surface area contributed by atoms with E-state index in [2.05, 4.69) is 22.6 Å². The lowest BCUT2D eigenvalue weighted by Crippen LogP contribution is -2.41. The fourth-order valence-electron chi connectivity index (χ4n) is 3.14. The molecule has 1 spiro atoms. The van der Waals surface area contributed by atoms with E-state index in [9.17, 15) is 13.2 Å². The summed E-state index contributed by atoms with van der Waals surface area (Å²) in [5, 5.41) is 0. The Balaban J connectivity index is 2.11. The van der Waals surface area contributed by atoms with E-state index < -0.39 is 12.1 Å². The summed E-state index contributed by atoms with van der Waals surface area (Å²) >= 11 is 2.22. The molecule has 1 heterocycles. The van der Waals surface area contributed by atoms with E-state index in [4.69, 9.17) is 4.74 Å². The van der Waals surface area contributed by atoms with Crippen molar-refractivity contribution in [2.24, 2.45) is 11.3 Å². The third-order valence-corrected chi connectivity index (χ3v) is 4.89. The topological polar surface area (TPSA) is 9.23 Å². The van der Waals surface area contributed by atoms with Crippen LogP contribution in [0, 0.1) is 11.3 Å². The zero-order valence-corrected chi connectivity index (χ0v) is 11.2. The number of halogens is 4. The van der Waals surface area contributed by atoms with Crippen molar-refractivity contribution < 1.29 is 17.9 Å². The Bertz CT molecular complexity index is 256. The quantitative estimate of drug-likeness (QED) is 0.515. The minimum Gasteiger partial charge on any atom is -0.377 e. The molecule has 1 aliphatic carbocycles. The van der Waals surface area contributed by atoms with Gasteiger partial charge in [0.2, 0.25) is 0 Å². The van der Waals surface area contributed by atoms with Gasteiger partial charge >= 0.3 is 6.18 Å². The zero-order chi connectivity index (χ0) is 11.8. The van der Waals surface area contributed by atoms with Crippen molar-refractivity contribution in [2.75, 3.05) is 11.0 Å². The summed E-state index contributed by atoms with van der Waals surface area (Å²) in [7, 11) is 0. The average Bonchev–Trinajstić information content (AvgIpc) is 2.59. The highest BCUT2D eigenvalue weighted by Gasteiger charge is 2.52. The van der Waals surface area contributed by atoms with Crippen molar-refractivity contribution >= 4 is 22.6 Å². The monoisotopic (exact) mass is 348 g/mol. The van der Waals surface area contributed by atoms with Crippen LogP contribution in [0.4, 0.5) is 13.2 Å². The van der Waals surface area contributed by atoms with Gasteiger partial charge in [-0.3, -0.25) is 0 Å². The fourth-order valence-corrected chi connectivity index (χ4v) is 4.33. The lowest BCUT2D eigenvalue weighted by molar-refractivity contribution is -0.194. The standard InChI is InChI=1S/C11H16F3IO/c12-11(13,14)8-2-1-3-10(6-8)4-5-16-9(10)7-15/h8-9H,1-7H2. The summed E-state index contributed by atoms with van der Waals surface area (Å²) in [5.74, 6) is -1.10. The predicted molar refractivity (Wildman–Crippen MR) is 63.7 cm³/mol. The lowest BCUT2D eigenvalue weighted by Gasteiger charge is -2.41. The molecule has 3 atom stereocenters. The molecule has 2 rings (SSSR count). The third-order valence-electron chi connectivity index (χ3n) is 4.09. The SMILES string of the molecule is FC(F)(F)C1CCCC2(CCOC2CI)C1. The van der Waals surface area contributed by atoms with E-state index >= 15 is 0 Å². The van der Waals surface area contributed by atoms with Crippen LogP contribution in [0.25, 0.3) is 0 Å². The summed E-state index contributed by atoms with van der Waals surface area (Å²) in [6.45, 7) is 0.637. The highest BCUT2D eigenvalue weighted by molar-refractivity contribution is 14.1. The number of hydrogen-bond acceptors (Lipinski definition) is 1. The van der Waals surface area contributed by atoms with Crippen molar-refractivity contribution in [3.8, 4) is 0 Å². The molecule has 0 aromatic heterocycles. The molecule has 1 nitrogen and oxygen atoms in total. The second-order valence-electron chi connectivity index (χ2n) is 4.96. The maximum Gasteiger partial charge on any atom is 0.391 e. The Morgan fingerprint density at radius 2 is 2.06 bits per heavy atom. The summed E-state index contributed by atoms with van der Waals surface area (Å²) < 4.78 is 44.7. The van der Waals surface area contributed by atoms with Crippen LogP contribution in [0.2, 0.25) is 0 Å². The molecule has 94 valence electrons. The minimum absolute atomic E-state index is 0.0400. The normalized spacial score (nSPS) is 40.5. The molecule has 0 amide bonds. The lowest BCUT2D eigenvalue weighted by atomic mass is 9.66. The molecular weight excluding hydrogens is 332 g/mol. The fraction of sp³-hybridized carbons (Fsp3) is 1.00. The minimum atomic E-state index is -4.02. The van der Waals surface area contributed by atoms with E-state index in [1.165, 1.54) is 0 Å². The van der Waals surface area contributed by atoms with Gasteiger partial charge in [0.25, 0.3) is 0 Å². The van der Waals surface area contributed by atoms with Gasteiger partial charge in [0.15, 0.2) is 0 Å². The molecule has 2 fully saturated rings. The molecule has 0 bridgehead atoms. The Kier molecular flexibility index (Phi) is 3.74. The molecule has 3 unspecified atom stereocenters. The molecule has 2 aliphatic rings. The number of alkyl halides is 4. The van der Waals surface area contributed by atoms with Crippen LogP contribution in [0.15, 0.2) is 0 Å². The first-order valence-electron chi connectivity index (χ1n) is 5.72. The van der Waals surface area contributed by atoms with Crippen LogP contribution in [0.3, 0.4) is 0 Å². The first-order chi connectivity index (χ1) is 7.48. The van der Waals surface area contributed by atoms with Crippen LogP contribution in [0.1, 0.15) is 32.1 Å². The highest BCUT2D eigenvalue weighted by Crippen LogP contribution is 2.52. The summed E-state index contributed by atoms with van der Waals surface area (Å²) in [5.41, 5.74) is -0.181. The van der Waals surface area contributed by atoms with Gasteiger partial charge in [0.1, 0.15) is 0 Å². The van der Waals surface area contributed by atoms with Crippen LogP contribution in [-0.4, -0.2) is 23.3 Å². The van der Waals surface area contributed by atoms with E-state index in [1.807, 2.05) is 0 Å². The predicted octanol–water partition coefficient (Wildman–Crippen LogP) is 3.95. The van der Waals surface area contributed by atoms with E-state index in [1.54, 1.807) is 0 Å². The van der Waals surface area contributed by atoms with Crippen LogP contribution < -0.4 is 0 Å². The Hall–Kier alpha value is 0.480. The summed E-state index contributed by atoms with van der Waals surface area (Å²) in [6, 6.07) is 0. The van der Waals surface area contributed by atoms with Crippen LogP contribution in [-0.2, 0) is 4.74 Å². The van der Waals surface area contributed by atoms with Crippen molar-refractivity contribution in [1.29, 1.82) is 0 Å². The van der Waals surface area contributed by atoms with E-state index in [0.717, 1.165) is 17.3 Å². The Morgan fingerprint density at radius 1 is 1.31 bits per heavy atom. The first kappa shape index (κ1) is 12.9. The van der Waals surface area contributed by atoms with Gasteiger partial charge in [-0.1, -0.05) is 29.0 Å². The van der Waals surface area contributed by atoms with Crippen molar-refractivity contribution in [3.05, 3.63) is 0 Å². The van der Waals surface area contributed by atoms with Crippen LogP contribution >= 0.6 is 22.6 Å². The molecule has 1 saturated carbocycles. The van der Waals surface area contributed by atoms with E-state index in [0.29, 0.717) is 19.4 Å². The number of rotatable bonds is 1. The molecule has 1 aliphatic heterocycles. The summed E-state index contributed by atoms with van der Waals surface area (Å²) in [6.07, 6.45) is -0.977. The summed E-state index contributed by atoms with van der Waals surface area (Å²) in [4.78, 5) is 0. The molecule has 1 saturated heterocycles. The third kappa shape index (κ3) is 2.35. The van der Waals surface area contributed by atoms with E-state index in [-0.39, 0.29) is 17.9 Å². The average molecular weight is 348 g/mol. The zero-order valence-electron chi connectivity index (χ0n) is 9.02. The molecule has 0 radical (unpaired) electrons. The van der Waals surface area contributed by atoms with Gasteiger partial charge < -0.3 is 4.74 Å². The van der Waals surface area contributed by atoms with Gasteiger partial charge in [-0.15, -0.1) is 0 Å². The largest absolute Gasteiger partial charge is 0.391 e. The molecule has 0 aromatic rings. The molecule has 0 N–H and O–H groups in total. The number of hydrogen-bond donors (Lipinski definition) is 0. The van der Waals surface area contributed by atoms with Gasteiger partial charge in [0.05, 0.1) is 12.0 Å². The van der Waals surface area contributed by atoms with Gasteiger partial charge in [-0.05, 0) is 25.7 Å². The molecule has 0 aromatic carbocycles. The Morgan fingerprint density at radius 3 is 2.69 bits per heavy atom. The van der Waals surface area contributed by atoms with Crippen LogP contribution in [0.5, 0.6) is 0 Å². The van der Waals surface area contributed by atoms with Gasteiger partial charge in [-0.2, -0.15) is 13.2 Å². The Labute approximate surface area is 107 Å². The molecule has 5 heteroatoms. The highest BCUT2D eigenvalue weighted by atomic mass is 127. The molecular formula is C11H16F3IO. The number of ether oxygens (including phenoxy) is 1. The molecule has 16 heavy (non-hydrogen) atoms. The second-order valence-corrected chi connectivity index (χ2v) is 5.84. The van der Waals surface area contributed by atoms with Gasteiger partial charge in [-0.25, -0.2) is 0 Å². The van der Waals surface area contributed by atoms with Gasteiger partial charge in [0, 0.05) is 16.4 Å². The van der Waals surface area contributed by atoms with Crippen molar-refractivity contribution in [3.63, 3.8) is 0 Å². The maximum atomic E-state index is 12.8. The first-order valence-corrected chi connectivity index (χ1v) is 7.25. The smallest absolute Gasteiger partial charge is 0.377 e. The maximum absolute atomic E-state index is 12.8. The van der Waals surface area contributed by atoms with Crippen molar-refractivity contribution in [2.45, 2.75) is 44.4 Å².